The number of aromatic amines is 1. The molecular formula is C28H27Cl2F2N3O8S. The molecule has 1 saturated heterocycles. The van der Waals surface area contributed by atoms with Crippen molar-refractivity contribution in [1.29, 1.82) is 0 Å². The molecule has 11 nitrogen and oxygen atoms in total. The van der Waals surface area contributed by atoms with Gasteiger partial charge in [-0.2, -0.15) is 4.31 Å². The summed E-state index contributed by atoms with van der Waals surface area (Å²) in [6, 6.07) is 8.31. The molecular weight excluding hydrogens is 647 g/mol. The van der Waals surface area contributed by atoms with E-state index in [0.29, 0.717) is 12.0 Å². The number of carbonyl (C=O) groups is 2. The van der Waals surface area contributed by atoms with Gasteiger partial charge >= 0.3 is 12.3 Å². The van der Waals surface area contributed by atoms with E-state index >= 15 is 0 Å². The SMILES string of the molecule is CN(C)C(=O)c1cccc(S(=O)(=O)N2CCC[C@H]2C(=O)OC(Cc2c(Cl)c[nH+]cc2Cl)c2ccc3c(c2)OC(F)(F)O3)c1.[OH-]. The van der Waals surface area contributed by atoms with Crippen molar-refractivity contribution in [2.75, 3.05) is 20.6 Å². The van der Waals surface area contributed by atoms with Crippen molar-refractivity contribution < 1.29 is 51.5 Å². The number of halogens is 4. The predicted octanol–water partition coefficient (Wildman–Crippen LogP) is 4.33. The second-order valence-corrected chi connectivity index (χ2v) is 12.8. The fourth-order valence-corrected chi connectivity index (χ4v) is 7.14. The number of carbonyl (C=O) groups excluding carboxylic acids is 2. The maximum atomic E-state index is 13.7. The molecule has 0 saturated carbocycles. The molecule has 0 bridgehead atoms. The molecule has 16 heteroatoms. The van der Waals surface area contributed by atoms with Crippen molar-refractivity contribution in [2.24, 2.45) is 0 Å². The van der Waals surface area contributed by atoms with Crippen molar-refractivity contribution in [1.82, 2.24) is 9.21 Å². The first-order valence-corrected chi connectivity index (χ1v) is 15.2. The summed E-state index contributed by atoms with van der Waals surface area (Å²) in [5, 5.41) is 0.469. The summed E-state index contributed by atoms with van der Waals surface area (Å²) < 4.78 is 70.7. The molecule has 0 aliphatic carbocycles. The number of H-pyrrole nitrogens is 1. The van der Waals surface area contributed by atoms with Crippen molar-refractivity contribution >= 4 is 45.1 Å². The highest BCUT2D eigenvalue weighted by Crippen LogP contribution is 2.43. The summed E-state index contributed by atoms with van der Waals surface area (Å²) >= 11 is 12.7. The normalized spacial score (nSPS) is 17.9. The van der Waals surface area contributed by atoms with E-state index in [-0.39, 0.29) is 68.3 Å². The van der Waals surface area contributed by atoms with E-state index in [2.05, 4.69) is 14.5 Å². The fraction of sp³-hybridized carbons (Fsp3) is 0.321. The van der Waals surface area contributed by atoms with Gasteiger partial charge in [0.2, 0.25) is 10.0 Å². The molecule has 2 N–H and O–H groups in total. The standard InChI is InChI=1S/C28H25Cl2F2N3O7S.H2O/c1-34(2)26(36)17-5-3-6-18(11-17)43(38,39)35-10-4-7-22(35)27(37)40-24(13-19-20(29)14-33-15-21(19)30)16-8-9-23-25(12-16)42-28(31,32)41-23;/h3,5-6,8-9,11-12,14-15,22,24H,4,7,10,13H2,1-2H3;1H2/t22-,24?;/m0./s1. The average Bonchev–Trinajstić information content (AvgIpc) is 3.57. The van der Waals surface area contributed by atoms with E-state index in [9.17, 15) is 26.8 Å². The Bertz CT molecular complexity index is 1670. The molecule has 1 amide bonds. The topological polar surface area (TPSA) is 147 Å². The van der Waals surface area contributed by atoms with E-state index in [0.717, 1.165) is 4.31 Å². The summed E-state index contributed by atoms with van der Waals surface area (Å²) in [4.78, 5) is 30.0. The predicted molar refractivity (Wildman–Crippen MR) is 152 cm³/mol. The summed E-state index contributed by atoms with van der Waals surface area (Å²) in [6.45, 7) is 0.0455. The third kappa shape index (κ3) is 6.74. The molecule has 2 aromatic carbocycles. The highest BCUT2D eigenvalue weighted by atomic mass is 35.5. The van der Waals surface area contributed by atoms with Crippen LogP contribution in [0.4, 0.5) is 8.78 Å². The fourth-order valence-electron chi connectivity index (χ4n) is 4.92. The van der Waals surface area contributed by atoms with Gasteiger partial charge in [-0.1, -0.05) is 35.3 Å². The number of fused-ring (bicyclic) bond motifs is 1. The zero-order valence-electron chi connectivity index (χ0n) is 23.3. The van der Waals surface area contributed by atoms with Crippen LogP contribution in [0.1, 0.15) is 40.4 Å². The van der Waals surface area contributed by atoms with Gasteiger partial charge in [-0.05, 0) is 48.7 Å². The van der Waals surface area contributed by atoms with Gasteiger partial charge in [0.1, 0.15) is 22.2 Å². The molecule has 44 heavy (non-hydrogen) atoms. The van der Waals surface area contributed by atoms with Crippen LogP contribution < -0.4 is 14.5 Å². The molecule has 0 radical (unpaired) electrons. The van der Waals surface area contributed by atoms with Gasteiger partial charge < -0.3 is 24.6 Å². The van der Waals surface area contributed by atoms with E-state index < -0.39 is 34.4 Å². The summed E-state index contributed by atoms with van der Waals surface area (Å²) in [6.07, 6.45) is -1.55. The maximum absolute atomic E-state index is 13.7. The lowest BCUT2D eigenvalue weighted by atomic mass is 10.0. The van der Waals surface area contributed by atoms with Crippen molar-refractivity contribution in [3.05, 3.63) is 81.6 Å². The lowest BCUT2D eigenvalue weighted by molar-refractivity contribution is -0.377. The zero-order valence-corrected chi connectivity index (χ0v) is 25.6. The highest BCUT2D eigenvalue weighted by molar-refractivity contribution is 7.89. The number of nitrogens with one attached hydrogen (secondary N) is 1. The van der Waals surface area contributed by atoms with Gasteiger partial charge in [0.05, 0.1) is 4.90 Å². The third-order valence-electron chi connectivity index (χ3n) is 7.01. The lowest BCUT2D eigenvalue weighted by Gasteiger charge is -2.26. The second kappa shape index (κ2) is 12.8. The Hall–Kier alpha value is -3.56. The molecule has 0 spiro atoms. The quantitative estimate of drug-likeness (QED) is 0.321. The molecule has 1 unspecified atom stereocenters. The summed E-state index contributed by atoms with van der Waals surface area (Å²) in [5.74, 6) is -1.70. The highest BCUT2D eigenvalue weighted by Gasteiger charge is 2.44. The van der Waals surface area contributed by atoms with Gasteiger partial charge in [-0.15, -0.1) is 8.78 Å². The first-order valence-electron chi connectivity index (χ1n) is 13.0. The van der Waals surface area contributed by atoms with Crippen LogP contribution in [0.15, 0.2) is 59.8 Å². The smallest absolute Gasteiger partial charge is 0.586 e. The maximum Gasteiger partial charge on any atom is 0.586 e. The average molecular weight is 675 g/mol. The van der Waals surface area contributed by atoms with Crippen LogP contribution in [0.2, 0.25) is 10.0 Å². The Morgan fingerprint density at radius 3 is 2.48 bits per heavy atom. The third-order valence-corrected chi connectivity index (χ3v) is 9.59. The van der Waals surface area contributed by atoms with Crippen LogP contribution in [-0.2, 0) is 26.0 Å². The summed E-state index contributed by atoms with van der Waals surface area (Å²) in [5.41, 5.74) is 0.837. The van der Waals surface area contributed by atoms with E-state index in [1.165, 1.54) is 59.8 Å². The largest absolute Gasteiger partial charge is 0.870 e. The molecule has 2 aliphatic rings. The minimum Gasteiger partial charge on any atom is -0.870 e. The van der Waals surface area contributed by atoms with Crippen LogP contribution >= 0.6 is 23.2 Å². The van der Waals surface area contributed by atoms with Crippen molar-refractivity contribution in [3.8, 4) is 11.5 Å². The zero-order chi connectivity index (χ0) is 31.1. The van der Waals surface area contributed by atoms with E-state index in [1.807, 2.05) is 0 Å². The molecule has 5 rings (SSSR count). The number of ether oxygens (including phenoxy) is 3. The molecule has 3 heterocycles. The van der Waals surface area contributed by atoms with Gasteiger partial charge in [0, 0.05) is 38.2 Å². The summed E-state index contributed by atoms with van der Waals surface area (Å²) in [7, 11) is -1.12. The Morgan fingerprint density at radius 2 is 1.80 bits per heavy atom. The minimum atomic E-state index is -4.21. The number of alkyl halides is 2. The van der Waals surface area contributed by atoms with E-state index in [4.69, 9.17) is 27.9 Å². The van der Waals surface area contributed by atoms with Crippen LogP contribution in [0, 0.1) is 0 Å². The number of esters is 1. The van der Waals surface area contributed by atoms with Crippen LogP contribution in [0.5, 0.6) is 11.5 Å². The van der Waals surface area contributed by atoms with Gasteiger partial charge in [0.15, 0.2) is 23.9 Å². The molecule has 2 atom stereocenters. The van der Waals surface area contributed by atoms with Gasteiger partial charge in [-0.3, -0.25) is 9.59 Å². The number of nitrogens with zero attached hydrogens (tertiary/aromatic N) is 2. The van der Waals surface area contributed by atoms with Crippen molar-refractivity contribution in [2.45, 2.75) is 42.6 Å². The molecule has 1 fully saturated rings. The van der Waals surface area contributed by atoms with Crippen LogP contribution in [0.3, 0.4) is 0 Å². The number of pyridine rings is 1. The Morgan fingerprint density at radius 1 is 1.11 bits per heavy atom. The Kier molecular flexibility index (Phi) is 9.71. The Balaban J connectivity index is 0.00000442. The van der Waals surface area contributed by atoms with Crippen LogP contribution in [-0.4, -0.2) is 68.0 Å². The van der Waals surface area contributed by atoms with Crippen molar-refractivity contribution in [3.63, 3.8) is 0 Å². The minimum absolute atomic E-state index is 0. The monoisotopic (exact) mass is 673 g/mol. The first kappa shape index (κ1) is 33.3. The van der Waals surface area contributed by atoms with E-state index in [1.54, 1.807) is 14.1 Å². The Labute approximate surface area is 261 Å². The number of amides is 1. The molecule has 236 valence electrons. The number of benzene rings is 2. The van der Waals surface area contributed by atoms with Gasteiger partial charge in [0.25, 0.3) is 5.91 Å². The number of sulfonamides is 1. The molecule has 1 aromatic heterocycles. The molecule has 2 aliphatic heterocycles. The number of aromatic nitrogens is 1. The number of hydrogen-bond acceptors (Lipinski definition) is 8. The van der Waals surface area contributed by atoms with Gasteiger partial charge in [-0.25, -0.2) is 13.4 Å². The van der Waals surface area contributed by atoms with Crippen LogP contribution in [0.25, 0.3) is 0 Å². The number of hydrogen-bond donors (Lipinski definition) is 0. The molecule has 3 aromatic rings. The first-order chi connectivity index (χ1) is 20.3. The number of rotatable bonds is 8. The second-order valence-electron chi connectivity index (χ2n) is 10.1. The lowest BCUT2D eigenvalue weighted by Crippen LogP contribution is -2.42.